The summed E-state index contributed by atoms with van der Waals surface area (Å²) in [5.41, 5.74) is 6.13. The van der Waals surface area contributed by atoms with Crippen LogP contribution in [-0.4, -0.2) is 66.1 Å². The van der Waals surface area contributed by atoms with Crippen LogP contribution in [-0.2, 0) is 0 Å². The third kappa shape index (κ3) is 3.60. The van der Waals surface area contributed by atoms with Gasteiger partial charge in [-0.3, -0.25) is 4.90 Å². The van der Waals surface area contributed by atoms with Crippen LogP contribution in [0.4, 0.5) is 0 Å². The standard InChI is InChI=1S/C13H27N3S/c1-11-12(2)16(4-3-13(11)14)6-5-15-7-9-17-10-8-15/h11-13H,3-10,14H2,1-2H3. The summed E-state index contributed by atoms with van der Waals surface area (Å²) in [6, 6.07) is 1.06. The van der Waals surface area contributed by atoms with Crippen molar-refractivity contribution in [3.63, 3.8) is 0 Å². The highest BCUT2D eigenvalue weighted by atomic mass is 32.2. The second-order valence-corrected chi connectivity index (χ2v) is 6.77. The molecule has 2 rings (SSSR count). The highest BCUT2D eigenvalue weighted by Gasteiger charge is 2.30. The molecular formula is C13H27N3S. The molecular weight excluding hydrogens is 230 g/mol. The van der Waals surface area contributed by atoms with Crippen LogP contribution in [0.3, 0.4) is 0 Å². The Labute approximate surface area is 110 Å². The Morgan fingerprint density at radius 1 is 1.12 bits per heavy atom. The minimum atomic E-state index is 0.410. The minimum absolute atomic E-state index is 0.410. The zero-order chi connectivity index (χ0) is 12.3. The molecule has 0 aromatic heterocycles. The van der Waals surface area contributed by atoms with Gasteiger partial charge in [-0.2, -0.15) is 11.8 Å². The third-order valence-electron chi connectivity index (χ3n) is 4.57. The molecule has 2 saturated heterocycles. The smallest absolute Gasteiger partial charge is 0.0112 e. The zero-order valence-electron chi connectivity index (χ0n) is 11.3. The summed E-state index contributed by atoms with van der Waals surface area (Å²) in [6.07, 6.45) is 1.17. The molecule has 0 bridgehead atoms. The second kappa shape index (κ2) is 6.41. The molecule has 3 nitrogen and oxygen atoms in total. The maximum absolute atomic E-state index is 6.13. The Morgan fingerprint density at radius 2 is 1.82 bits per heavy atom. The van der Waals surface area contributed by atoms with E-state index in [0.717, 1.165) is 0 Å². The highest BCUT2D eigenvalue weighted by molar-refractivity contribution is 7.99. The molecule has 0 amide bonds. The predicted octanol–water partition coefficient (Wildman–Crippen LogP) is 1.09. The molecule has 0 radical (unpaired) electrons. The first-order chi connectivity index (χ1) is 8.18. The Morgan fingerprint density at radius 3 is 2.53 bits per heavy atom. The van der Waals surface area contributed by atoms with Gasteiger partial charge in [0.05, 0.1) is 0 Å². The number of hydrogen-bond acceptors (Lipinski definition) is 4. The summed E-state index contributed by atoms with van der Waals surface area (Å²) in [7, 11) is 0. The molecule has 2 heterocycles. The monoisotopic (exact) mass is 257 g/mol. The van der Waals surface area contributed by atoms with Crippen LogP contribution in [0.5, 0.6) is 0 Å². The van der Waals surface area contributed by atoms with Crippen molar-refractivity contribution in [3.8, 4) is 0 Å². The fourth-order valence-electron chi connectivity index (χ4n) is 2.88. The lowest BCUT2D eigenvalue weighted by atomic mass is 9.88. The molecule has 100 valence electrons. The lowest BCUT2D eigenvalue weighted by Gasteiger charge is -2.42. The van der Waals surface area contributed by atoms with E-state index >= 15 is 0 Å². The van der Waals surface area contributed by atoms with Crippen molar-refractivity contribution in [2.75, 3.05) is 44.2 Å². The van der Waals surface area contributed by atoms with E-state index in [1.165, 1.54) is 50.7 Å². The second-order valence-electron chi connectivity index (χ2n) is 5.54. The van der Waals surface area contributed by atoms with Gasteiger partial charge in [-0.15, -0.1) is 0 Å². The van der Waals surface area contributed by atoms with E-state index in [0.29, 0.717) is 18.0 Å². The van der Waals surface area contributed by atoms with Crippen molar-refractivity contribution in [1.29, 1.82) is 0 Å². The summed E-state index contributed by atoms with van der Waals surface area (Å²) >= 11 is 2.09. The maximum Gasteiger partial charge on any atom is 0.0112 e. The summed E-state index contributed by atoms with van der Waals surface area (Å²) in [6.45, 7) is 10.9. The van der Waals surface area contributed by atoms with Gasteiger partial charge in [0.15, 0.2) is 0 Å². The van der Waals surface area contributed by atoms with Crippen molar-refractivity contribution in [1.82, 2.24) is 9.80 Å². The van der Waals surface area contributed by atoms with Gasteiger partial charge in [0.25, 0.3) is 0 Å². The van der Waals surface area contributed by atoms with E-state index < -0.39 is 0 Å². The third-order valence-corrected chi connectivity index (χ3v) is 5.51. The van der Waals surface area contributed by atoms with Crippen molar-refractivity contribution in [2.45, 2.75) is 32.4 Å². The lowest BCUT2D eigenvalue weighted by Crippen LogP contribution is -2.53. The van der Waals surface area contributed by atoms with E-state index in [9.17, 15) is 0 Å². The highest BCUT2D eigenvalue weighted by Crippen LogP contribution is 2.22. The van der Waals surface area contributed by atoms with E-state index in [2.05, 4.69) is 35.4 Å². The van der Waals surface area contributed by atoms with Crippen LogP contribution in [0.2, 0.25) is 0 Å². The quantitative estimate of drug-likeness (QED) is 0.820. The fraction of sp³-hybridized carbons (Fsp3) is 1.00. The van der Waals surface area contributed by atoms with Gasteiger partial charge in [-0.1, -0.05) is 6.92 Å². The average Bonchev–Trinajstić information content (AvgIpc) is 2.36. The molecule has 0 spiro atoms. The molecule has 2 fully saturated rings. The number of piperidine rings is 1. The molecule has 3 atom stereocenters. The van der Waals surface area contributed by atoms with Crippen molar-refractivity contribution < 1.29 is 0 Å². The zero-order valence-corrected chi connectivity index (χ0v) is 12.1. The van der Waals surface area contributed by atoms with Crippen molar-refractivity contribution >= 4 is 11.8 Å². The molecule has 0 aromatic rings. The number of nitrogens with two attached hydrogens (primary N) is 1. The molecule has 3 unspecified atom stereocenters. The number of nitrogens with zero attached hydrogens (tertiary/aromatic N) is 2. The largest absolute Gasteiger partial charge is 0.327 e. The summed E-state index contributed by atoms with van der Waals surface area (Å²) in [5.74, 6) is 3.27. The fourth-order valence-corrected chi connectivity index (χ4v) is 3.86. The molecule has 17 heavy (non-hydrogen) atoms. The Balaban J connectivity index is 1.74. The Kier molecular flexibility index (Phi) is 5.15. The average molecular weight is 257 g/mol. The topological polar surface area (TPSA) is 32.5 Å². The van der Waals surface area contributed by atoms with E-state index in [4.69, 9.17) is 5.73 Å². The van der Waals surface area contributed by atoms with Crippen molar-refractivity contribution in [3.05, 3.63) is 0 Å². The van der Waals surface area contributed by atoms with E-state index in [1.807, 2.05) is 0 Å². The molecule has 2 aliphatic heterocycles. The number of hydrogen-bond donors (Lipinski definition) is 1. The Hall–Kier alpha value is 0.230. The minimum Gasteiger partial charge on any atom is -0.327 e. The maximum atomic E-state index is 6.13. The summed E-state index contributed by atoms with van der Waals surface area (Å²) in [5, 5.41) is 0. The predicted molar refractivity (Wildman–Crippen MR) is 76.6 cm³/mol. The van der Waals surface area contributed by atoms with Gasteiger partial charge in [0, 0.05) is 49.8 Å². The Bertz CT molecular complexity index is 231. The van der Waals surface area contributed by atoms with Crippen LogP contribution < -0.4 is 5.73 Å². The summed E-state index contributed by atoms with van der Waals surface area (Å²) < 4.78 is 0. The van der Waals surface area contributed by atoms with Gasteiger partial charge in [0.1, 0.15) is 0 Å². The molecule has 0 aromatic carbocycles. The molecule has 2 aliphatic rings. The van der Waals surface area contributed by atoms with Gasteiger partial charge >= 0.3 is 0 Å². The van der Waals surface area contributed by atoms with Crippen molar-refractivity contribution in [2.24, 2.45) is 11.7 Å². The first-order valence-electron chi connectivity index (χ1n) is 6.98. The van der Waals surface area contributed by atoms with Gasteiger partial charge < -0.3 is 10.6 Å². The van der Waals surface area contributed by atoms with Gasteiger partial charge in [-0.05, 0) is 25.8 Å². The lowest BCUT2D eigenvalue weighted by molar-refractivity contribution is 0.0863. The molecule has 0 aliphatic carbocycles. The van der Waals surface area contributed by atoms with Crippen LogP contribution >= 0.6 is 11.8 Å². The van der Waals surface area contributed by atoms with E-state index in [-0.39, 0.29) is 0 Å². The van der Waals surface area contributed by atoms with Crippen LogP contribution in [0.1, 0.15) is 20.3 Å². The summed E-state index contributed by atoms with van der Waals surface area (Å²) in [4.78, 5) is 5.25. The number of likely N-dealkylation sites (tertiary alicyclic amines) is 1. The first-order valence-corrected chi connectivity index (χ1v) is 8.13. The van der Waals surface area contributed by atoms with Crippen LogP contribution in [0.25, 0.3) is 0 Å². The van der Waals surface area contributed by atoms with Crippen LogP contribution in [0, 0.1) is 5.92 Å². The molecule has 0 saturated carbocycles. The SMILES string of the molecule is CC1C(N)CCN(CCN2CCSCC2)C1C. The molecule has 2 N–H and O–H groups in total. The van der Waals surface area contributed by atoms with Gasteiger partial charge in [0.2, 0.25) is 0 Å². The normalized spacial score (nSPS) is 37.2. The number of thioether (sulfide) groups is 1. The number of rotatable bonds is 3. The van der Waals surface area contributed by atoms with E-state index in [1.54, 1.807) is 0 Å². The first kappa shape index (κ1) is 13.7. The molecule has 4 heteroatoms. The van der Waals surface area contributed by atoms with Crippen LogP contribution in [0.15, 0.2) is 0 Å². The van der Waals surface area contributed by atoms with Gasteiger partial charge in [-0.25, -0.2) is 0 Å².